The fourth-order valence-corrected chi connectivity index (χ4v) is 1.29. The third-order valence-corrected chi connectivity index (χ3v) is 2.18. The van der Waals surface area contributed by atoms with Crippen molar-refractivity contribution in [2.24, 2.45) is 4.99 Å². The molecule has 3 heteroatoms. The van der Waals surface area contributed by atoms with Gasteiger partial charge in [0.2, 0.25) is 0 Å². The summed E-state index contributed by atoms with van der Waals surface area (Å²) >= 11 is 3.12. The summed E-state index contributed by atoms with van der Waals surface area (Å²) < 4.78 is 13.8. The molecule has 0 aromatic heterocycles. The second-order valence-electron chi connectivity index (χ2n) is 2.68. The lowest BCUT2D eigenvalue weighted by Crippen LogP contribution is -1.89. The van der Waals surface area contributed by atoms with Crippen molar-refractivity contribution < 1.29 is 4.39 Å². The lowest BCUT2D eigenvalue weighted by Gasteiger charge is -1.97. The molecule has 0 radical (unpaired) electrons. The normalized spacial score (nSPS) is 11.0. The Balaban J connectivity index is 2.83. The average Bonchev–Trinajstić information content (AvgIpc) is 2.13. The molecular weight excluding hydrogens is 233 g/mol. The molecule has 0 amide bonds. The Kier molecular flexibility index (Phi) is 4.09. The highest BCUT2D eigenvalue weighted by Crippen LogP contribution is 2.16. The first-order valence-electron chi connectivity index (χ1n) is 4.19. The van der Waals surface area contributed by atoms with Crippen molar-refractivity contribution in [3.8, 4) is 0 Å². The fourth-order valence-electron chi connectivity index (χ4n) is 0.912. The average molecular weight is 244 g/mol. The quantitative estimate of drug-likeness (QED) is 0.722. The molecule has 0 N–H and O–H groups in total. The monoisotopic (exact) mass is 243 g/mol. The summed E-state index contributed by atoms with van der Waals surface area (Å²) in [4.78, 5) is 4.08. The van der Waals surface area contributed by atoms with Crippen molar-refractivity contribution in [2.45, 2.75) is 13.3 Å². The molecule has 0 aliphatic heterocycles. The van der Waals surface area contributed by atoms with Crippen LogP contribution in [-0.2, 0) is 0 Å². The third kappa shape index (κ3) is 2.92. The van der Waals surface area contributed by atoms with Crippen LogP contribution in [0.25, 0.3) is 0 Å². The molecule has 0 bridgehead atoms. The molecule has 0 aliphatic rings. The zero-order valence-corrected chi connectivity index (χ0v) is 9.01. The minimum Gasteiger partial charge on any atom is -0.292 e. The first-order chi connectivity index (χ1) is 6.25. The number of rotatable bonds is 3. The first kappa shape index (κ1) is 10.4. The second kappa shape index (κ2) is 5.12. The maximum absolute atomic E-state index is 13.3. The van der Waals surface area contributed by atoms with E-state index in [9.17, 15) is 4.39 Å². The fraction of sp³-hybridized carbons (Fsp3) is 0.300. The number of hydrogen-bond acceptors (Lipinski definition) is 1. The van der Waals surface area contributed by atoms with E-state index in [-0.39, 0.29) is 5.82 Å². The number of halogens is 2. The Morgan fingerprint density at radius 2 is 2.31 bits per heavy atom. The maximum Gasteiger partial charge on any atom is 0.146 e. The highest BCUT2D eigenvalue weighted by atomic mass is 79.9. The van der Waals surface area contributed by atoms with Crippen LogP contribution in [0.1, 0.15) is 18.9 Å². The van der Waals surface area contributed by atoms with Gasteiger partial charge in [0, 0.05) is 18.3 Å². The van der Waals surface area contributed by atoms with Crippen molar-refractivity contribution in [1.29, 1.82) is 0 Å². The Morgan fingerprint density at radius 1 is 1.54 bits per heavy atom. The molecule has 1 aromatic carbocycles. The van der Waals surface area contributed by atoms with Crippen LogP contribution in [0.5, 0.6) is 0 Å². The molecule has 70 valence electrons. The van der Waals surface area contributed by atoms with Crippen molar-refractivity contribution in [3.05, 3.63) is 34.1 Å². The number of benzene rings is 1. The van der Waals surface area contributed by atoms with Gasteiger partial charge in [0.15, 0.2) is 0 Å². The highest BCUT2D eigenvalue weighted by Gasteiger charge is 2.01. The molecule has 0 spiro atoms. The number of aliphatic imine (C=N–C) groups is 1. The van der Waals surface area contributed by atoms with E-state index in [4.69, 9.17) is 0 Å². The van der Waals surface area contributed by atoms with Crippen LogP contribution in [0.15, 0.2) is 27.7 Å². The molecule has 1 rings (SSSR count). The predicted octanol–water partition coefficient (Wildman–Crippen LogP) is 3.42. The molecule has 1 aromatic rings. The van der Waals surface area contributed by atoms with Crippen LogP contribution in [0.2, 0.25) is 0 Å². The summed E-state index contributed by atoms with van der Waals surface area (Å²) in [6, 6.07) is 5.17. The SMILES string of the molecule is CCCN=Cc1cccc(Br)c1F. The van der Waals surface area contributed by atoms with Gasteiger partial charge in [-0.05, 0) is 28.4 Å². The molecule has 0 saturated heterocycles. The van der Waals surface area contributed by atoms with Crippen molar-refractivity contribution in [3.63, 3.8) is 0 Å². The Morgan fingerprint density at radius 3 is 3.00 bits per heavy atom. The van der Waals surface area contributed by atoms with Gasteiger partial charge >= 0.3 is 0 Å². The van der Waals surface area contributed by atoms with E-state index in [1.54, 1.807) is 24.4 Å². The van der Waals surface area contributed by atoms with Crippen LogP contribution in [0, 0.1) is 5.82 Å². The van der Waals surface area contributed by atoms with E-state index in [1.807, 2.05) is 6.92 Å². The molecule has 0 fully saturated rings. The van der Waals surface area contributed by atoms with Crippen LogP contribution in [-0.4, -0.2) is 12.8 Å². The summed E-state index contributed by atoms with van der Waals surface area (Å²) in [6.45, 7) is 2.78. The van der Waals surface area contributed by atoms with E-state index < -0.39 is 0 Å². The van der Waals surface area contributed by atoms with Gasteiger partial charge in [0.25, 0.3) is 0 Å². The van der Waals surface area contributed by atoms with Gasteiger partial charge in [0.05, 0.1) is 4.47 Å². The standard InChI is InChI=1S/C10H11BrFN/c1-2-6-13-7-8-4-3-5-9(11)10(8)12/h3-5,7H,2,6H2,1H3. The van der Waals surface area contributed by atoms with Crippen molar-refractivity contribution >= 4 is 22.1 Å². The lowest BCUT2D eigenvalue weighted by atomic mass is 10.2. The van der Waals surface area contributed by atoms with Crippen molar-refractivity contribution in [1.82, 2.24) is 0 Å². The largest absolute Gasteiger partial charge is 0.292 e. The third-order valence-electron chi connectivity index (χ3n) is 1.56. The van der Waals surface area contributed by atoms with Crippen LogP contribution >= 0.6 is 15.9 Å². The maximum atomic E-state index is 13.3. The van der Waals surface area contributed by atoms with E-state index in [1.165, 1.54) is 0 Å². The van der Waals surface area contributed by atoms with Gasteiger partial charge < -0.3 is 0 Å². The van der Waals surface area contributed by atoms with Gasteiger partial charge in [-0.2, -0.15) is 0 Å². The van der Waals surface area contributed by atoms with E-state index in [0.29, 0.717) is 10.0 Å². The molecule has 0 heterocycles. The highest BCUT2D eigenvalue weighted by molar-refractivity contribution is 9.10. The molecule has 0 atom stereocenters. The Labute approximate surface area is 85.8 Å². The summed E-state index contributed by atoms with van der Waals surface area (Å²) in [5.74, 6) is -0.248. The van der Waals surface area contributed by atoms with Gasteiger partial charge in [-0.15, -0.1) is 0 Å². The van der Waals surface area contributed by atoms with Crippen LogP contribution < -0.4 is 0 Å². The van der Waals surface area contributed by atoms with Crippen LogP contribution in [0.3, 0.4) is 0 Å². The summed E-state index contributed by atoms with van der Waals surface area (Å²) in [6.07, 6.45) is 2.55. The predicted molar refractivity (Wildman–Crippen MR) is 56.9 cm³/mol. The van der Waals surface area contributed by atoms with Gasteiger partial charge in [0.1, 0.15) is 5.82 Å². The van der Waals surface area contributed by atoms with E-state index >= 15 is 0 Å². The molecule has 1 nitrogen and oxygen atoms in total. The summed E-state index contributed by atoms with van der Waals surface area (Å²) in [7, 11) is 0. The van der Waals surface area contributed by atoms with Crippen molar-refractivity contribution in [2.75, 3.05) is 6.54 Å². The molecular formula is C10H11BrFN. The zero-order chi connectivity index (χ0) is 9.68. The Hall–Kier alpha value is -0.700. The first-order valence-corrected chi connectivity index (χ1v) is 4.99. The van der Waals surface area contributed by atoms with Gasteiger partial charge in [-0.3, -0.25) is 4.99 Å². The van der Waals surface area contributed by atoms with E-state index in [2.05, 4.69) is 20.9 Å². The topological polar surface area (TPSA) is 12.4 Å². The molecule has 0 aliphatic carbocycles. The van der Waals surface area contributed by atoms with Crippen LogP contribution in [0.4, 0.5) is 4.39 Å². The zero-order valence-electron chi connectivity index (χ0n) is 7.43. The minimum atomic E-state index is -0.248. The van der Waals surface area contributed by atoms with E-state index in [0.717, 1.165) is 13.0 Å². The minimum absolute atomic E-state index is 0.248. The Bertz CT molecular complexity index is 310. The second-order valence-corrected chi connectivity index (χ2v) is 3.53. The number of hydrogen-bond donors (Lipinski definition) is 0. The molecule has 0 saturated carbocycles. The molecule has 13 heavy (non-hydrogen) atoms. The number of nitrogens with zero attached hydrogens (tertiary/aromatic N) is 1. The van der Waals surface area contributed by atoms with Gasteiger partial charge in [-0.1, -0.05) is 19.1 Å². The lowest BCUT2D eigenvalue weighted by molar-refractivity contribution is 0.619. The summed E-state index contributed by atoms with van der Waals surface area (Å²) in [5.41, 5.74) is 0.530. The summed E-state index contributed by atoms with van der Waals surface area (Å²) in [5, 5.41) is 0. The molecule has 0 unspecified atom stereocenters. The van der Waals surface area contributed by atoms with Gasteiger partial charge in [-0.25, -0.2) is 4.39 Å². The smallest absolute Gasteiger partial charge is 0.146 e.